The first kappa shape index (κ1) is 21.7. The Kier molecular flexibility index (Phi) is 7.58. The van der Waals surface area contributed by atoms with Crippen LogP contribution < -0.4 is 5.73 Å². The molecule has 2 atom stereocenters. The molecule has 0 aromatic carbocycles. The number of amides is 1. The number of hydrogen-bond acceptors (Lipinski definition) is 8. The molecular weight excluding hydrogens is 374 g/mol. The van der Waals surface area contributed by atoms with Crippen LogP contribution in [0, 0.1) is 0 Å². The lowest BCUT2D eigenvalue weighted by atomic mass is 10.2. The minimum Gasteiger partial charge on any atom is -0.465 e. The number of fused-ring (bicyclic) bond motifs is 2. The van der Waals surface area contributed by atoms with Crippen LogP contribution in [0.4, 0.5) is 0 Å². The second kappa shape index (κ2) is 10.1. The fourth-order valence-corrected chi connectivity index (χ4v) is 2.82. The van der Waals surface area contributed by atoms with E-state index in [9.17, 15) is 9.59 Å². The summed E-state index contributed by atoms with van der Waals surface area (Å²) in [6.45, 7) is 2.55. The summed E-state index contributed by atoms with van der Waals surface area (Å²) in [4.78, 5) is 40.2. The minimum atomic E-state index is -0.352. The first-order valence-electron chi connectivity index (χ1n) is 8.77. The lowest BCUT2D eigenvalue weighted by Gasteiger charge is -2.23. The predicted octanol–water partition coefficient (Wildman–Crippen LogP) is 0.781. The first-order valence-corrected chi connectivity index (χ1v) is 8.77. The molecule has 0 aliphatic carbocycles. The number of aliphatic imine (C=N–C) groups is 2. The van der Waals surface area contributed by atoms with Gasteiger partial charge in [0.25, 0.3) is 0 Å². The van der Waals surface area contributed by atoms with Gasteiger partial charge in [0.2, 0.25) is 5.91 Å². The van der Waals surface area contributed by atoms with E-state index < -0.39 is 0 Å². The highest BCUT2D eigenvalue weighted by Gasteiger charge is 2.29. The smallest absolute Gasteiger partial charge is 0.325 e. The zero-order valence-electron chi connectivity index (χ0n) is 15.4. The van der Waals surface area contributed by atoms with Gasteiger partial charge >= 0.3 is 5.97 Å². The Hall–Kier alpha value is -3.56. The monoisotopic (exact) mass is 399 g/mol. The van der Waals surface area contributed by atoms with Crippen LogP contribution in [0.25, 0.3) is 11.2 Å². The van der Waals surface area contributed by atoms with Crippen LogP contribution in [0.2, 0.25) is 0 Å². The number of ether oxygens (including phenoxy) is 1. The fraction of sp³-hybridized carbons (Fsp3) is 0.368. The van der Waals surface area contributed by atoms with Gasteiger partial charge in [0.1, 0.15) is 6.54 Å². The highest BCUT2D eigenvalue weighted by molar-refractivity contribution is 5.80. The van der Waals surface area contributed by atoms with Gasteiger partial charge in [-0.1, -0.05) is 13.5 Å². The number of aromatic nitrogens is 3. The Bertz CT molecular complexity index is 935. The van der Waals surface area contributed by atoms with E-state index in [2.05, 4.69) is 20.0 Å². The molecule has 2 aliphatic rings. The van der Waals surface area contributed by atoms with Crippen molar-refractivity contribution in [1.29, 1.82) is 0 Å². The van der Waals surface area contributed by atoms with Crippen LogP contribution in [0.3, 0.4) is 0 Å². The number of esters is 1. The Morgan fingerprint density at radius 2 is 2.07 bits per heavy atom. The lowest BCUT2D eigenvalue weighted by Crippen LogP contribution is -2.40. The molecule has 2 aliphatic heterocycles. The van der Waals surface area contributed by atoms with Crippen molar-refractivity contribution < 1.29 is 14.3 Å². The van der Waals surface area contributed by atoms with E-state index >= 15 is 0 Å². The Morgan fingerprint density at radius 1 is 1.24 bits per heavy atom. The van der Waals surface area contributed by atoms with E-state index in [1.165, 1.54) is 0 Å². The second-order valence-corrected chi connectivity index (χ2v) is 6.01. The third-order valence-corrected chi connectivity index (χ3v) is 4.03. The third-order valence-electron chi connectivity index (χ3n) is 4.03. The molecule has 0 radical (unpaired) electrons. The largest absolute Gasteiger partial charge is 0.465 e. The second-order valence-electron chi connectivity index (χ2n) is 6.01. The molecule has 2 unspecified atom stereocenters. The Morgan fingerprint density at radius 3 is 2.83 bits per heavy atom. The molecule has 2 N–H and O–H groups in total. The zero-order valence-corrected chi connectivity index (χ0v) is 15.4. The number of rotatable bonds is 5. The SMILES string of the molecule is C.CCOC(=O)Cn1cnc2ncccc21.NC(=O)CN1C=NC2N=CC=CC21. The molecule has 1 amide bonds. The molecule has 0 saturated carbocycles. The van der Waals surface area contributed by atoms with Gasteiger partial charge in [-0.05, 0) is 25.1 Å². The minimum absolute atomic E-state index is 0. The van der Waals surface area contributed by atoms with Crippen LogP contribution in [0.15, 0.2) is 46.8 Å². The summed E-state index contributed by atoms with van der Waals surface area (Å²) >= 11 is 0. The molecule has 10 nitrogen and oxygen atoms in total. The van der Waals surface area contributed by atoms with Crippen LogP contribution >= 0.6 is 0 Å². The summed E-state index contributed by atoms with van der Waals surface area (Å²) in [6.07, 6.45) is 10.3. The topological polar surface area (TPSA) is 128 Å². The number of primary amides is 1. The molecule has 29 heavy (non-hydrogen) atoms. The van der Waals surface area contributed by atoms with Gasteiger partial charge in [0, 0.05) is 12.4 Å². The molecule has 0 saturated heterocycles. The number of allylic oxidation sites excluding steroid dienone is 1. The Balaban J connectivity index is 0.000000202. The number of carbonyl (C=O) groups is 2. The standard InChI is InChI=1S/C10H11N3O2.C8H10N4O.CH4/c1-2-15-9(14)6-13-7-12-10-8(13)4-3-5-11-10;9-7(13)4-12-5-11-8-6(12)2-1-3-10-8;/h3-5,7H,2,6H2,1H3;1-3,5-6,8H,4H2,(H2,9,13);1H4. The van der Waals surface area contributed by atoms with Crippen LogP contribution in [-0.2, 0) is 20.9 Å². The molecular formula is C19H25N7O3. The normalized spacial score (nSPS) is 18.6. The van der Waals surface area contributed by atoms with E-state index in [0.29, 0.717) is 12.3 Å². The van der Waals surface area contributed by atoms with Crippen molar-refractivity contribution >= 4 is 35.6 Å². The summed E-state index contributed by atoms with van der Waals surface area (Å²) in [5.74, 6) is -0.615. The molecule has 0 fully saturated rings. The molecule has 0 bridgehead atoms. The van der Waals surface area contributed by atoms with Crippen molar-refractivity contribution in [3.05, 3.63) is 36.8 Å². The average molecular weight is 399 g/mol. The number of dihydropyridines is 1. The highest BCUT2D eigenvalue weighted by Crippen LogP contribution is 2.17. The highest BCUT2D eigenvalue weighted by atomic mass is 16.5. The molecule has 4 heterocycles. The van der Waals surface area contributed by atoms with Gasteiger partial charge in [-0.25, -0.2) is 15.0 Å². The van der Waals surface area contributed by atoms with Gasteiger partial charge in [-0.3, -0.25) is 14.6 Å². The predicted molar refractivity (Wildman–Crippen MR) is 110 cm³/mol. The molecule has 2 aromatic rings. The molecule has 0 spiro atoms. The fourth-order valence-electron chi connectivity index (χ4n) is 2.82. The number of hydrogen-bond donors (Lipinski definition) is 1. The summed E-state index contributed by atoms with van der Waals surface area (Å²) in [6, 6.07) is 3.75. The lowest BCUT2D eigenvalue weighted by molar-refractivity contribution is -0.143. The van der Waals surface area contributed by atoms with Crippen molar-refractivity contribution in [2.75, 3.05) is 13.2 Å². The summed E-state index contributed by atoms with van der Waals surface area (Å²) in [5, 5.41) is 0. The van der Waals surface area contributed by atoms with Gasteiger partial charge in [0.05, 0.1) is 37.4 Å². The first-order chi connectivity index (χ1) is 13.6. The summed E-state index contributed by atoms with van der Waals surface area (Å²) in [5.41, 5.74) is 6.57. The van der Waals surface area contributed by atoms with E-state index in [1.54, 1.807) is 41.5 Å². The maximum absolute atomic E-state index is 11.3. The zero-order chi connectivity index (χ0) is 19.9. The van der Waals surface area contributed by atoms with Crippen LogP contribution in [0.1, 0.15) is 14.4 Å². The maximum atomic E-state index is 11.3. The molecule has 10 heteroatoms. The van der Waals surface area contributed by atoms with Crippen LogP contribution in [-0.4, -0.2) is 69.2 Å². The van der Waals surface area contributed by atoms with Gasteiger partial charge in [-0.2, -0.15) is 0 Å². The number of imidazole rings is 1. The average Bonchev–Trinajstić information content (AvgIpc) is 3.27. The van der Waals surface area contributed by atoms with E-state index in [0.717, 1.165) is 5.52 Å². The summed E-state index contributed by atoms with van der Waals surface area (Å²) in [7, 11) is 0. The van der Waals surface area contributed by atoms with E-state index in [-0.39, 0.29) is 44.6 Å². The number of carbonyl (C=O) groups excluding carboxylic acids is 2. The Labute approximate surface area is 168 Å². The van der Waals surface area contributed by atoms with Crippen molar-refractivity contribution in [3.63, 3.8) is 0 Å². The van der Waals surface area contributed by atoms with Crippen molar-refractivity contribution in [2.24, 2.45) is 15.7 Å². The number of nitrogens with two attached hydrogens (primary N) is 1. The van der Waals surface area contributed by atoms with Crippen molar-refractivity contribution in [1.82, 2.24) is 19.4 Å². The van der Waals surface area contributed by atoms with Gasteiger partial charge in [0.15, 0.2) is 11.8 Å². The number of pyridine rings is 1. The summed E-state index contributed by atoms with van der Waals surface area (Å²) < 4.78 is 6.58. The number of nitrogens with zero attached hydrogens (tertiary/aromatic N) is 6. The van der Waals surface area contributed by atoms with E-state index in [4.69, 9.17) is 10.5 Å². The molecule has 4 rings (SSSR count). The maximum Gasteiger partial charge on any atom is 0.325 e. The molecule has 2 aromatic heterocycles. The van der Waals surface area contributed by atoms with Crippen molar-refractivity contribution in [2.45, 2.75) is 33.1 Å². The van der Waals surface area contributed by atoms with Crippen LogP contribution in [0.5, 0.6) is 0 Å². The third kappa shape index (κ3) is 5.47. The van der Waals surface area contributed by atoms with E-state index in [1.807, 2.05) is 24.3 Å². The van der Waals surface area contributed by atoms with Crippen molar-refractivity contribution in [3.8, 4) is 0 Å². The van der Waals surface area contributed by atoms with Gasteiger partial charge in [-0.15, -0.1) is 0 Å². The quantitative estimate of drug-likeness (QED) is 0.740. The van der Waals surface area contributed by atoms with Gasteiger partial charge < -0.3 is 19.9 Å². The molecule has 154 valence electrons.